The Kier molecular flexibility index (Phi) is 9.73. The lowest BCUT2D eigenvalue weighted by atomic mass is 9.94. The minimum atomic E-state index is 0.407. The molecule has 0 spiro atoms. The van der Waals surface area contributed by atoms with E-state index < -0.39 is 0 Å². The molecule has 0 radical (unpaired) electrons. The summed E-state index contributed by atoms with van der Waals surface area (Å²) < 4.78 is 0. The van der Waals surface area contributed by atoms with Gasteiger partial charge in [0.2, 0.25) is 5.91 Å². The molecule has 0 atom stereocenters. The fourth-order valence-electron chi connectivity index (χ4n) is 2.93. The zero-order chi connectivity index (χ0) is 14.6. The molecule has 0 saturated carbocycles. The number of nitrogens with one attached hydrogen (secondary N) is 1. The summed E-state index contributed by atoms with van der Waals surface area (Å²) in [4.78, 5) is 14.7. The van der Waals surface area contributed by atoms with Crippen molar-refractivity contribution in [3.63, 3.8) is 0 Å². The van der Waals surface area contributed by atoms with E-state index in [1.54, 1.807) is 0 Å². The van der Waals surface area contributed by atoms with Crippen LogP contribution >= 0.6 is 0 Å². The van der Waals surface area contributed by atoms with Crippen molar-refractivity contribution in [1.29, 1.82) is 0 Å². The normalized spacial score (nSPS) is 16.3. The number of piperidine rings is 1. The zero-order valence-electron chi connectivity index (χ0n) is 13.6. The number of rotatable bonds is 10. The molecule has 1 aliphatic rings. The van der Waals surface area contributed by atoms with Crippen LogP contribution in [0.2, 0.25) is 0 Å². The van der Waals surface area contributed by atoms with Gasteiger partial charge in [0.05, 0.1) is 0 Å². The first kappa shape index (κ1) is 17.5. The van der Waals surface area contributed by atoms with Crippen molar-refractivity contribution in [3.8, 4) is 0 Å². The number of carbonyl (C=O) groups excluding carboxylic acids is 1. The predicted molar refractivity (Wildman–Crippen MR) is 85.8 cm³/mol. The summed E-state index contributed by atoms with van der Waals surface area (Å²) in [5.74, 6) is 1.02. The molecule has 1 fully saturated rings. The van der Waals surface area contributed by atoms with Crippen LogP contribution in [-0.2, 0) is 4.79 Å². The van der Waals surface area contributed by atoms with Crippen molar-refractivity contribution >= 4 is 5.91 Å². The van der Waals surface area contributed by atoms with Gasteiger partial charge in [-0.25, -0.2) is 0 Å². The Labute approximate surface area is 125 Å². The van der Waals surface area contributed by atoms with Crippen LogP contribution in [-0.4, -0.2) is 37.0 Å². The number of carbonyl (C=O) groups is 1. The minimum absolute atomic E-state index is 0.407. The number of hydrogen-bond donors (Lipinski definition) is 1. The van der Waals surface area contributed by atoms with Gasteiger partial charge in [-0.3, -0.25) is 4.79 Å². The summed E-state index contributed by atoms with van der Waals surface area (Å²) in [7, 11) is 0. The van der Waals surface area contributed by atoms with E-state index in [2.05, 4.69) is 24.1 Å². The van der Waals surface area contributed by atoms with Crippen molar-refractivity contribution in [2.45, 2.75) is 71.6 Å². The average molecular weight is 282 g/mol. The van der Waals surface area contributed by atoms with Crippen LogP contribution in [0.5, 0.6) is 0 Å². The summed E-state index contributed by atoms with van der Waals surface area (Å²) in [5.41, 5.74) is 0. The first-order valence-corrected chi connectivity index (χ1v) is 8.76. The second-order valence-electron chi connectivity index (χ2n) is 6.19. The summed E-state index contributed by atoms with van der Waals surface area (Å²) in [6, 6.07) is 0. The van der Waals surface area contributed by atoms with Crippen molar-refractivity contribution in [2.75, 3.05) is 26.2 Å². The van der Waals surface area contributed by atoms with E-state index in [4.69, 9.17) is 0 Å². The molecule has 0 bridgehead atoms. The van der Waals surface area contributed by atoms with Gasteiger partial charge in [0, 0.05) is 19.5 Å². The van der Waals surface area contributed by atoms with E-state index in [1.165, 1.54) is 51.4 Å². The highest BCUT2D eigenvalue weighted by Crippen LogP contribution is 2.18. The fourth-order valence-corrected chi connectivity index (χ4v) is 2.93. The third-order valence-electron chi connectivity index (χ3n) is 4.34. The number of hydrogen-bond acceptors (Lipinski definition) is 2. The number of nitrogens with zero attached hydrogens (tertiary/aromatic N) is 1. The van der Waals surface area contributed by atoms with Crippen molar-refractivity contribution in [1.82, 2.24) is 10.2 Å². The van der Waals surface area contributed by atoms with Gasteiger partial charge in [-0.1, -0.05) is 39.5 Å². The van der Waals surface area contributed by atoms with Crippen LogP contribution < -0.4 is 5.32 Å². The lowest BCUT2D eigenvalue weighted by molar-refractivity contribution is -0.132. The summed E-state index contributed by atoms with van der Waals surface area (Å²) in [6.45, 7) is 8.56. The van der Waals surface area contributed by atoms with Crippen LogP contribution in [0.25, 0.3) is 0 Å². The van der Waals surface area contributed by atoms with Gasteiger partial charge in [0.25, 0.3) is 0 Å². The Morgan fingerprint density at radius 1 is 1.00 bits per heavy atom. The van der Waals surface area contributed by atoms with Gasteiger partial charge >= 0.3 is 0 Å². The molecule has 1 rings (SSSR count). The van der Waals surface area contributed by atoms with Crippen molar-refractivity contribution < 1.29 is 4.79 Å². The highest BCUT2D eigenvalue weighted by molar-refractivity contribution is 5.76. The Bertz CT molecular complexity index is 239. The van der Waals surface area contributed by atoms with E-state index in [0.29, 0.717) is 11.8 Å². The highest BCUT2D eigenvalue weighted by atomic mass is 16.2. The van der Waals surface area contributed by atoms with E-state index in [9.17, 15) is 4.79 Å². The molecular weight excluding hydrogens is 248 g/mol. The topological polar surface area (TPSA) is 32.3 Å². The van der Waals surface area contributed by atoms with Crippen LogP contribution in [0.4, 0.5) is 0 Å². The minimum Gasteiger partial charge on any atom is -0.343 e. The summed E-state index contributed by atoms with van der Waals surface area (Å²) in [6.07, 6.45) is 10.4. The van der Waals surface area contributed by atoms with E-state index >= 15 is 0 Å². The molecule has 1 heterocycles. The van der Waals surface area contributed by atoms with Crippen molar-refractivity contribution in [3.05, 3.63) is 0 Å². The summed E-state index contributed by atoms with van der Waals surface area (Å²) >= 11 is 0. The maximum absolute atomic E-state index is 12.5. The Morgan fingerprint density at radius 2 is 1.55 bits per heavy atom. The molecule has 3 nitrogen and oxygen atoms in total. The molecule has 118 valence electrons. The second-order valence-corrected chi connectivity index (χ2v) is 6.19. The molecule has 0 aliphatic carbocycles. The highest BCUT2D eigenvalue weighted by Gasteiger charge is 2.20. The first-order chi connectivity index (χ1) is 9.77. The Hall–Kier alpha value is -0.570. The Morgan fingerprint density at radius 3 is 2.05 bits per heavy atom. The lowest BCUT2D eigenvalue weighted by Crippen LogP contribution is -2.36. The van der Waals surface area contributed by atoms with Crippen LogP contribution in [0.1, 0.15) is 71.6 Å². The van der Waals surface area contributed by atoms with Crippen molar-refractivity contribution in [2.24, 2.45) is 5.92 Å². The van der Waals surface area contributed by atoms with E-state index in [0.717, 1.165) is 32.6 Å². The zero-order valence-corrected chi connectivity index (χ0v) is 13.6. The predicted octanol–water partition coefficient (Wildman–Crippen LogP) is 3.59. The molecule has 0 aromatic carbocycles. The van der Waals surface area contributed by atoms with E-state index in [-0.39, 0.29) is 0 Å². The Balaban J connectivity index is 2.35. The maximum Gasteiger partial charge on any atom is 0.222 e. The molecular formula is C17H34N2O. The molecule has 0 unspecified atom stereocenters. The van der Waals surface area contributed by atoms with Gasteiger partial charge in [-0.05, 0) is 44.7 Å². The molecule has 0 aromatic heterocycles. The largest absolute Gasteiger partial charge is 0.343 e. The summed E-state index contributed by atoms with van der Waals surface area (Å²) in [5, 5.41) is 3.38. The van der Waals surface area contributed by atoms with Gasteiger partial charge < -0.3 is 10.2 Å². The SMILES string of the molecule is CCCCCN(CCCCC)C(=O)CC1CCNCC1. The second kappa shape index (κ2) is 11.1. The average Bonchev–Trinajstić information content (AvgIpc) is 2.47. The lowest BCUT2D eigenvalue weighted by Gasteiger charge is -2.27. The van der Waals surface area contributed by atoms with Gasteiger partial charge in [-0.15, -0.1) is 0 Å². The van der Waals surface area contributed by atoms with Crippen LogP contribution in [0.3, 0.4) is 0 Å². The third kappa shape index (κ3) is 7.28. The molecule has 3 heteroatoms. The standard InChI is InChI=1S/C17H34N2O/c1-3-5-7-13-19(14-8-6-4-2)17(20)15-16-9-11-18-12-10-16/h16,18H,3-15H2,1-2H3. The molecule has 20 heavy (non-hydrogen) atoms. The molecule has 1 amide bonds. The molecule has 1 saturated heterocycles. The molecule has 1 N–H and O–H groups in total. The fraction of sp³-hybridized carbons (Fsp3) is 0.941. The molecule has 0 aromatic rings. The maximum atomic E-state index is 12.5. The van der Waals surface area contributed by atoms with Gasteiger partial charge in [-0.2, -0.15) is 0 Å². The number of unbranched alkanes of at least 4 members (excludes halogenated alkanes) is 4. The molecule has 1 aliphatic heterocycles. The van der Waals surface area contributed by atoms with Gasteiger partial charge in [0.15, 0.2) is 0 Å². The third-order valence-corrected chi connectivity index (χ3v) is 4.34. The van der Waals surface area contributed by atoms with Crippen LogP contribution in [0.15, 0.2) is 0 Å². The van der Waals surface area contributed by atoms with Crippen LogP contribution in [0, 0.1) is 5.92 Å². The first-order valence-electron chi connectivity index (χ1n) is 8.76. The van der Waals surface area contributed by atoms with Gasteiger partial charge in [0.1, 0.15) is 0 Å². The number of amides is 1. The van der Waals surface area contributed by atoms with E-state index in [1.807, 2.05) is 0 Å². The monoisotopic (exact) mass is 282 g/mol. The quantitative estimate of drug-likeness (QED) is 0.621. The smallest absolute Gasteiger partial charge is 0.222 e.